The fourth-order valence-corrected chi connectivity index (χ4v) is 2.85. The Morgan fingerprint density at radius 1 is 1.12 bits per heavy atom. The average molecular weight is 386 g/mol. The molecule has 2 rings (SSSR count). The number of nitrogens with one attached hydrogen (secondary N) is 1. The number of benzene rings is 1. The van der Waals surface area contributed by atoms with Gasteiger partial charge in [0.05, 0.1) is 6.04 Å². The average Bonchev–Trinajstić information content (AvgIpc) is 2.54. The van der Waals surface area contributed by atoms with E-state index in [9.17, 15) is 17.7 Å². The summed E-state index contributed by atoms with van der Waals surface area (Å²) in [5.74, 6) is -0.0934. The molecular weight excluding hydrogens is 365 g/mol. The normalized spacial score (nSPS) is 14.8. The number of halogens is 3. The maximum Gasteiger partial charge on any atom is 0.437 e. The smallest absolute Gasteiger partial charge is 0.437 e. The lowest BCUT2D eigenvalue weighted by Crippen LogP contribution is -2.40. The Kier molecular flexibility index (Phi) is 6.21. The van der Waals surface area contributed by atoms with Gasteiger partial charge >= 0.3 is 6.18 Å². The minimum Gasteiger partial charge on any atom is -0.598 e. The summed E-state index contributed by atoms with van der Waals surface area (Å²) >= 11 is -1.23. The standard InChI is InChI=1S/C18H21F3N2O2S/c1-12(23-26(24)17(2,3)4)13-7-9-14(10-8-13)25-15-6-5-11-22-16(15)18(19,20)21/h5-12,23H,1-4H3/t12-,26-/m1/s1. The van der Waals surface area contributed by atoms with Crippen LogP contribution in [0.3, 0.4) is 0 Å². The van der Waals surface area contributed by atoms with E-state index < -0.39 is 28.0 Å². The lowest BCUT2D eigenvalue weighted by Gasteiger charge is -2.26. The molecule has 1 aromatic carbocycles. The second-order valence-electron chi connectivity index (χ2n) is 6.74. The zero-order valence-electron chi connectivity index (χ0n) is 14.9. The van der Waals surface area contributed by atoms with E-state index in [1.165, 1.54) is 12.1 Å². The summed E-state index contributed by atoms with van der Waals surface area (Å²) in [7, 11) is 0. The highest BCUT2D eigenvalue weighted by molar-refractivity contribution is 7.90. The van der Waals surface area contributed by atoms with Gasteiger partial charge in [-0.05, 0) is 57.5 Å². The maximum absolute atomic E-state index is 13.0. The Morgan fingerprint density at radius 2 is 1.73 bits per heavy atom. The number of hydrogen-bond donors (Lipinski definition) is 1. The van der Waals surface area contributed by atoms with Crippen molar-refractivity contribution in [2.24, 2.45) is 0 Å². The van der Waals surface area contributed by atoms with E-state index in [4.69, 9.17) is 4.74 Å². The third-order valence-electron chi connectivity index (χ3n) is 3.49. The van der Waals surface area contributed by atoms with Crippen LogP contribution in [0.1, 0.15) is 45.0 Å². The van der Waals surface area contributed by atoms with Crippen molar-refractivity contribution in [1.29, 1.82) is 0 Å². The highest BCUT2D eigenvalue weighted by Gasteiger charge is 2.36. The van der Waals surface area contributed by atoms with Gasteiger partial charge < -0.3 is 9.29 Å². The summed E-state index contributed by atoms with van der Waals surface area (Å²) in [4.78, 5) is 3.35. The molecule has 1 aromatic heterocycles. The highest BCUT2D eigenvalue weighted by atomic mass is 32.2. The van der Waals surface area contributed by atoms with Crippen molar-refractivity contribution < 1.29 is 22.5 Å². The van der Waals surface area contributed by atoms with Crippen LogP contribution in [0.15, 0.2) is 42.6 Å². The van der Waals surface area contributed by atoms with Crippen molar-refractivity contribution in [2.45, 2.75) is 44.7 Å². The molecule has 0 bridgehead atoms. The molecule has 2 aromatic rings. The molecule has 26 heavy (non-hydrogen) atoms. The zero-order chi connectivity index (χ0) is 19.5. The molecule has 8 heteroatoms. The Labute approximate surface area is 154 Å². The van der Waals surface area contributed by atoms with Crippen LogP contribution in [-0.2, 0) is 17.5 Å². The Morgan fingerprint density at radius 3 is 2.27 bits per heavy atom. The molecule has 0 unspecified atom stereocenters. The van der Waals surface area contributed by atoms with Crippen LogP contribution in [0.25, 0.3) is 0 Å². The van der Waals surface area contributed by atoms with Crippen LogP contribution < -0.4 is 9.46 Å². The van der Waals surface area contributed by atoms with Crippen molar-refractivity contribution in [3.05, 3.63) is 53.9 Å². The van der Waals surface area contributed by atoms with Crippen molar-refractivity contribution in [3.8, 4) is 11.5 Å². The van der Waals surface area contributed by atoms with Gasteiger partial charge in [0.2, 0.25) is 0 Å². The summed E-state index contributed by atoms with van der Waals surface area (Å²) in [6.07, 6.45) is -3.52. The van der Waals surface area contributed by atoms with E-state index in [1.807, 2.05) is 27.7 Å². The van der Waals surface area contributed by atoms with Crippen LogP contribution in [0.2, 0.25) is 0 Å². The first-order valence-electron chi connectivity index (χ1n) is 7.96. The second-order valence-corrected chi connectivity index (χ2v) is 8.74. The van der Waals surface area contributed by atoms with Gasteiger partial charge in [-0.2, -0.15) is 13.2 Å². The van der Waals surface area contributed by atoms with Crippen molar-refractivity contribution in [2.75, 3.05) is 0 Å². The van der Waals surface area contributed by atoms with Gasteiger partial charge in [-0.3, -0.25) is 0 Å². The molecule has 1 heterocycles. The number of rotatable bonds is 5. The maximum atomic E-state index is 13.0. The van der Waals surface area contributed by atoms with E-state index in [0.717, 1.165) is 11.8 Å². The molecule has 0 aliphatic carbocycles. The molecule has 2 atom stereocenters. The SMILES string of the molecule is C[C@@H](N[S@+]([O-])C(C)(C)C)c1ccc(Oc2cccnc2C(F)(F)F)cc1. The topological polar surface area (TPSA) is 57.2 Å². The monoisotopic (exact) mass is 386 g/mol. The van der Waals surface area contributed by atoms with Gasteiger partial charge in [-0.25, -0.2) is 4.98 Å². The Hall–Kier alpha value is -1.77. The van der Waals surface area contributed by atoms with Crippen LogP contribution in [0, 0.1) is 0 Å². The summed E-state index contributed by atoms with van der Waals surface area (Å²) in [6.45, 7) is 7.46. The van der Waals surface area contributed by atoms with Crippen molar-refractivity contribution in [3.63, 3.8) is 0 Å². The lowest BCUT2D eigenvalue weighted by molar-refractivity contribution is -0.142. The molecule has 0 aliphatic rings. The number of pyridine rings is 1. The van der Waals surface area contributed by atoms with Crippen LogP contribution in [0.4, 0.5) is 13.2 Å². The van der Waals surface area contributed by atoms with E-state index >= 15 is 0 Å². The van der Waals surface area contributed by atoms with Gasteiger partial charge in [-0.15, -0.1) is 4.72 Å². The van der Waals surface area contributed by atoms with E-state index in [0.29, 0.717) is 0 Å². The Bertz CT molecular complexity index is 730. The second kappa shape index (κ2) is 7.85. The molecule has 0 saturated carbocycles. The summed E-state index contributed by atoms with van der Waals surface area (Å²) in [5, 5.41) is 0. The van der Waals surface area contributed by atoms with Crippen LogP contribution in [0.5, 0.6) is 11.5 Å². The molecule has 0 saturated heterocycles. The van der Waals surface area contributed by atoms with Gasteiger partial charge in [0.15, 0.2) is 11.4 Å². The van der Waals surface area contributed by atoms with E-state index in [1.54, 1.807) is 24.3 Å². The van der Waals surface area contributed by atoms with Gasteiger partial charge in [0, 0.05) is 17.6 Å². The minimum absolute atomic E-state index is 0.187. The number of ether oxygens (including phenoxy) is 1. The molecule has 1 N–H and O–H groups in total. The molecule has 0 radical (unpaired) electrons. The van der Waals surface area contributed by atoms with E-state index in [-0.39, 0.29) is 17.5 Å². The number of aromatic nitrogens is 1. The fourth-order valence-electron chi connectivity index (χ4n) is 2.04. The van der Waals surface area contributed by atoms with E-state index in [2.05, 4.69) is 9.71 Å². The minimum atomic E-state index is -4.59. The predicted molar refractivity (Wildman–Crippen MR) is 95.2 cm³/mol. The fraction of sp³-hybridized carbons (Fsp3) is 0.389. The summed E-state index contributed by atoms with van der Waals surface area (Å²) in [6, 6.07) is 9.00. The molecule has 0 amide bonds. The quantitative estimate of drug-likeness (QED) is 0.734. The highest BCUT2D eigenvalue weighted by Crippen LogP contribution is 2.36. The van der Waals surface area contributed by atoms with Crippen molar-refractivity contribution >= 4 is 11.4 Å². The molecule has 4 nitrogen and oxygen atoms in total. The number of hydrogen-bond acceptors (Lipinski definition) is 4. The van der Waals surface area contributed by atoms with Gasteiger partial charge in [0.25, 0.3) is 0 Å². The third-order valence-corrected chi connectivity index (χ3v) is 5.17. The number of alkyl halides is 3. The van der Waals surface area contributed by atoms with Gasteiger partial charge in [-0.1, -0.05) is 12.1 Å². The zero-order valence-corrected chi connectivity index (χ0v) is 15.7. The Balaban J connectivity index is 2.11. The third kappa shape index (κ3) is 5.36. The summed E-state index contributed by atoms with van der Waals surface area (Å²) in [5.41, 5.74) is -0.225. The molecule has 0 fully saturated rings. The molecule has 0 aliphatic heterocycles. The molecule has 0 spiro atoms. The van der Waals surface area contributed by atoms with Crippen molar-refractivity contribution in [1.82, 2.24) is 9.71 Å². The molecule has 142 valence electrons. The first-order valence-corrected chi connectivity index (χ1v) is 9.11. The van der Waals surface area contributed by atoms with Gasteiger partial charge in [0.1, 0.15) is 10.5 Å². The first kappa shape index (κ1) is 20.5. The largest absolute Gasteiger partial charge is 0.598 e. The lowest BCUT2D eigenvalue weighted by atomic mass is 10.1. The van der Waals surface area contributed by atoms with Crippen LogP contribution >= 0.6 is 0 Å². The van der Waals surface area contributed by atoms with Crippen LogP contribution in [-0.4, -0.2) is 14.3 Å². The first-order chi connectivity index (χ1) is 12.0. The molecular formula is C18H21F3N2O2S. The number of nitrogens with zero attached hydrogens (tertiary/aromatic N) is 1. The summed E-state index contributed by atoms with van der Waals surface area (Å²) < 4.78 is 59.0. The predicted octanol–water partition coefficient (Wildman–Crippen LogP) is 5.01.